The van der Waals surface area contributed by atoms with E-state index in [1.807, 2.05) is 6.07 Å². The fraction of sp³-hybridized carbons (Fsp3) is 0.533. The van der Waals surface area contributed by atoms with E-state index in [-0.39, 0.29) is 12.6 Å². The summed E-state index contributed by atoms with van der Waals surface area (Å²) >= 11 is 6.22. The van der Waals surface area contributed by atoms with Crippen LogP contribution in [0.5, 0.6) is 0 Å². The van der Waals surface area contributed by atoms with E-state index in [0.717, 1.165) is 29.5 Å². The molecule has 23 heavy (non-hydrogen) atoms. The molecule has 1 N–H and O–H groups in total. The molecule has 1 saturated heterocycles. The summed E-state index contributed by atoms with van der Waals surface area (Å²) in [5.41, 5.74) is 2.77. The van der Waals surface area contributed by atoms with Crippen LogP contribution in [-0.2, 0) is 23.0 Å². The zero-order valence-electron chi connectivity index (χ0n) is 12.8. The number of carbonyl (C=O) groups is 1. The Morgan fingerprint density at radius 1 is 1.35 bits per heavy atom. The van der Waals surface area contributed by atoms with Gasteiger partial charge in [0.25, 0.3) is 0 Å². The minimum Gasteiger partial charge on any atom is -0.465 e. The molecule has 2 heterocycles. The Morgan fingerprint density at radius 3 is 2.74 bits per heavy atom. The second-order valence-corrected chi connectivity index (χ2v) is 8.53. The maximum atomic E-state index is 11.9. The second-order valence-electron chi connectivity index (χ2n) is 6.11. The number of sulfonamides is 1. The average molecular weight is 359 g/mol. The molecule has 1 amide bonds. The predicted octanol–water partition coefficient (Wildman–Crippen LogP) is 2.47. The molecule has 6 nitrogen and oxygen atoms in total. The Kier molecular flexibility index (Phi) is 4.29. The Bertz CT molecular complexity index is 750. The third-order valence-corrected chi connectivity index (χ3v) is 6.10. The quantitative estimate of drug-likeness (QED) is 0.880. The van der Waals surface area contributed by atoms with Gasteiger partial charge in [0.1, 0.15) is 0 Å². The van der Waals surface area contributed by atoms with Gasteiger partial charge in [-0.2, -0.15) is 4.31 Å². The summed E-state index contributed by atoms with van der Waals surface area (Å²) in [6.07, 6.45) is 2.38. The molecule has 126 valence electrons. The van der Waals surface area contributed by atoms with Crippen LogP contribution in [0.25, 0.3) is 0 Å². The topological polar surface area (TPSA) is 77.9 Å². The summed E-state index contributed by atoms with van der Waals surface area (Å²) in [5.74, 6) is 0. The number of rotatable bonds is 2. The number of likely N-dealkylation sites (tertiary alicyclic amines) is 1. The largest absolute Gasteiger partial charge is 0.465 e. The monoisotopic (exact) mass is 358 g/mol. The van der Waals surface area contributed by atoms with Crippen LogP contribution in [-0.4, -0.2) is 48.2 Å². The number of benzene rings is 1. The summed E-state index contributed by atoms with van der Waals surface area (Å²) in [6, 6.07) is 3.40. The molecule has 0 saturated carbocycles. The van der Waals surface area contributed by atoms with E-state index in [9.17, 15) is 18.3 Å². The first-order chi connectivity index (χ1) is 10.8. The summed E-state index contributed by atoms with van der Waals surface area (Å²) in [5, 5.41) is 9.96. The van der Waals surface area contributed by atoms with Crippen LogP contribution in [0.1, 0.15) is 35.6 Å². The van der Waals surface area contributed by atoms with Crippen LogP contribution in [0.2, 0.25) is 5.02 Å². The lowest BCUT2D eigenvalue weighted by Gasteiger charge is -2.32. The zero-order chi connectivity index (χ0) is 16.8. The van der Waals surface area contributed by atoms with Crippen molar-refractivity contribution >= 4 is 27.7 Å². The summed E-state index contributed by atoms with van der Waals surface area (Å²) in [6.45, 7) is 1.21. The molecule has 0 spiro atoms. The molecule has 8 heteroatoms. The number of fused-ring (bicyclic) bond motifs is 1. The van der Waals surface area contributed by atoms with Crippen LogP contribution < -0.4 is 0 Å². The number of hydrogen-bond donors (Lipinski definition) is 1. The maximum absolute atomic E-state index is 11.9. The first-order valence-electron chi connectivity index (χ1n) is 7.53. The van der Waals surface area contributed by atoms with E-state index in [1.54, 1.807) is 6.07 Å². The van der Waals surface area contributed by atoms with Gasteiger partial charge in [-0.15, -0.1) is 0 Å². The van der Waals surface area contributed by atoms with Gasteiger partial charge in [-0.1, -0.05) is 11.6 Å². The third kappa shape index (κ3) is 3.18. The molecular formula is C15H19ClN2O4S. The zero-order valence-corrected chi connectivity index (χ0v) is 14.4. The van der Waals surface area contributed by atoms with Gasteiger partial charge in [-0.3, -0.25) is 0 Å². The molecule has 0 aliphatic carbocycles. The molecular weight excluding hydrogens is 340 g/mol. The van der Waals surface area contributed by atoms with Crippen molar-refractivity contribution in [3.8, 4) is 0 Å². The van der Waals surface area contributed by atoms with E-state index in [0.29, 0.717) is 24.5 Å². The molecule has 0 bridgehead atoms. The normalized spacial score (nSPS) is 22.2. The molecule has 2 aliphatic heterocycles. The molecule has 1 aromatic carbocycles. The van der Waals surface area contributed by atoms with Crippen LogP contribution in [0.4, 0.5) is 4.79 Å². The first-order valence-corrected chi connectivity index (χ1v) is 9.76. The standard InChI is InChI=1S/C15H19ClN2O4S/c1-23(21,22)17-6-4-10-7-11(16)8-12(13(10)9-17)14-3-2-5-18(14)15(19)20/h7-8,14H,2-6,9H2,1H3,(H,19,20). The Balaban J connectivity index is 2.05. The first kappa shape index (κ1) is 16.5. The molecule has 3 rings (SSSR count). The molecule has 2 aliphatic rings. The predicted molar refractivity (Wildman–Crippen MR) is 87.1 cm³/mol. The van der Waals surface area contributed by atoms with E-state index in [2.05, 4.69) is 0 Å². The van der Waals surface area contributed by atoms with Crippen molar-refractivity contribution in [3.63, 3.8) is 0 Å². The maximum Gasteiger partial charge on any atom is 0.407 e. The van der Waals surface area contributed by atoms with Gasteiger partial charge in [0, 0.05) is 24.7 Å². The van der Waals surface area contributed by atoms with Gasteiger partial charge in [-0.05, 0) is 48.1 Å². The molecule has 1 unspecified atom stereocenters. The number of halogens is 1. The fourth-order valence-corrected chi connectivity index (χ4v) is 4.57. The lowest BCUT2D eigenvalue weighted by atomic mass is 9.91. The van der Waals surface area contributed by atoms with Crippen LogP contribution in [0, 0.1) is 0 Å². The van der Waals surface area contributed by atoms with Gasteiger partial charge < -0.3 is 10.0 Å². The van der Waals surface area contributed by atoms with Gasteiger partial charge >= 0.3 is 6.09 Å². The summed E-state index contributed by atoms with van der Waals surface area (Å²) < 4.78 is 25.2. The lowest BCUT2D eigenvalue weighted by Crippen LogP contribution is -2.37. The highest BCUT2D eigenvalue weighted by atomic mass is 35.5. The Morgan fingerprint density at radius 2 is 2.09 bits per heavy atom. The highest BCUT2D eigenvalue weighted by Gasteiger charge is 2.34. The summed E-state index contributed by atoms with van der Waals surface area (Å²) in [4.78, 5) is 12.9. The van der Waals surface area contributed by atoms with Crippen molar-refractivity contribution < 1.29 is 18.3 Å². The van der Waals surface area contributed by atoms with Gasteiger partial charge in [0.05, 0.1) is 12.3 Å². The average Bonchev–Trinajstić information content (AvgIpc) is 2.94. The Hall–Kier alpha value is -1.31. The smallest absolute Gasteiger partial charge is 0.407 e. The third-order valence-electron chi connectivity index (χ3n) is 4.63. The van der Waals surface area contributed by atoms with Crippen molar-refractivity contribution in [1.82, 2.24) is 9.21 Å². The van der Waals surface area contributed by atoms with E-state index in [4.69, 9.17) is 11.6 Å². The minimum atomic E-state index is -3.28. The molecule has 0 radical (unpaired) electrons. The van der Waals surface area contributed by atoms with Crippen molar-refractivity contribution in [2.75, 3.05) is 19.3 Å². The molecule has 1 atom stereocenters. The van der Waals surface area contributed by atoms with E-state index >= 15 is 0 Å². The van der Waals surface area contributed by atoms with Gasteiger partial charge in [0.2, 0.25) is 10.0 Å². The van der Waals surface area contributed by atoms with Crippen molar-refractivity contribution in [3.05, 3.63) is 33.8 Å². The number of carboxylic acid groups (broad SMARTS) is 1. The van der Waals surface area contributed by atoms with E-state index < -0.39 is 16.1 Å². The van der Waals surface area contributed by atoms with E-state index in [1.165, 1.54) is 15.5 Å². The van der Waals surface area contributed by atoms with Crippen molar-refractivity contribution in [1.29, 1.82) is 0 Å². The van der Waals surface area contributed by atoms with Gasteiger partial charge in [-0.25, -0.2) is 13.2 Å². The molecule has 0 aromatic heterocycles. The van der Waals surface area contributed by atoms with Crippen LogP contribution in [0.3, 0.4) is 0 Å². The van der Waals surface area contributed by atoms with Crippen molar-refractivity contribution in [2.24, 2.45) is 0 Å². The highest BCUT2D eigenvalue weighted by molar-refractivity contribution is 7.88. The molecule has 1 fully saturated rings. The lowest BCUT2D eigenvalue weighted by molar-refractivity contribution is 0.140. The number of nitrogens with zero attached hydrogens (tertiary/aromatic N) is 2. The summed E-state index contributed by atoms with van der Waals surface area (Å²) in [7, 11) is -3.28. The Labute approximate surface area is 140 Å². The fourth-order valence-electron chi connectivity index (χ4n) is 3.53. The SMILES string of the molecule is CS(=O)(=O)N1CCc2cc(Cl)cc(C3CCCN3C(=O)O)c2C1. The minimum absolute atomic E-state index is 0.250. The molecule has 1 aromatic rings. The number of amides is 1. The van der Waals surface area contributed by atoms with Gasteiger partial charge in [0.15, 0.2) is 0 Å². The van der Waals surface area contributed by atoms with Crippen LogP contribution in [0.15, 0.2) is 12.1 Å². The van der Waals surface area contributed by atoms with Crippen LogP contribution >= 0.6 is 11.6 Å². The van der Waals surface area contributed by atoms with Crippen molar-refractivity contribution in [2.45, 2.75) is 31.8 Å². The number of hydrogen-bond acceptors (Lipinski definition) is 3. The second kappa shape index (κ2) is 5.96. The highest BCUT2D eigenvalue weighted by Crippen LogP contribution is 2.38.